The standard InChI is InChI=1S/C19H23NO3/c1-14-7-4-8-15(13-14)9-6-12-20-19(21)18-16(22-2)10-5-11-17(18)23-3/h4-5,7-8,10-11,13H,6,9,12H2,1-3H3,(H,20,21). The van der Waals surface area contributed by atoms with Gasteiger partial charge in [-0.3, -0.25) is 4.79 Å². The summed E-state index contributed by atoms with van der Waals surface area (Å²) in [5, 5.41) is 2.93. The molecule has 1 amide bonds. The first-order valence-electron chi connectivity index (χ1n) is 7.70. The number of hydrogen-bond acceptors (Lipinski definition) is 3. The molecule has 4 heteroatoms. The van der Waals surface area contributed by atoms with E-state index in [4.69, 9.17) is 9.47 Å². The summed E-state index contributed by atoms with van der Waals surface area (Å²) in [5.41, 5.74) is 2.98. The Balaban J connectivity index is 1.92. The highest BCUT2D eigenvalue weighted by Crippen LogP contribution is 2.27. The number of carbonyl (C=O) groups excluding carboxylic acids is 1. The van der Waals surface area contributed by atoms with Crippen LogP contribution in [0.1, 0.15) is 27.9 Å². The van der Waals surface area contributed by atoms with Crippen LogP contribution in [0.3, 0.4) is 0 Å². The molecule has 0 radical (unpaired) electrons. The maximum atomic E-state index is 12.4. The highest BCUT2D eigenvalue weighted by Gasteiger charge is 2.17. The minimum atomic E-state index is -0.177. The topological polar surface area (TPSA) is 47.6 Å². The van der Waals surface area contributed by atoms with Crippen LogP contribution in [-0.2, 0) is 6.42 Å². The van der Waals surface area contributed by atoms with Crippen molar-refractivity contribution in [2.24, 2.45) is 0 Å². The van der Waals surface area contributed by atoms with Gasteiger partial charge < -0.3 is 14.8 Å². The second-order valence-electron chi connectivity index (χ2n) is 5.39. The molecule has 0 aliphatic carbocycles. The molecule has 0 fully saturated rings. The number of rotatable bonds is 7. The minimum absolute atomic E-state index is 0.177. The zero-order valence-corrected chi connectivity index (χ0v) is 13.9. The summed E-state index contributed by atoms with van der Waals surface area (Å²) in [5.74, 6) is 0.851. The summed E-state index contributed by atoms with van der Waals surface area (Å²) in [7, 11) is 3.09. The number of nitrogens with one attached hydrogen (secondary N) is 1. The maximum Gasteiger partial charge on any atom is 0.258 e. The van der Waals surface area contributed by atoms with E-state index in [1.807, 2.05) is 0 Å². The zero-order valence-electron chi connectivity index (χ0n) is 13.9. The molecule has 0 unspecified atom stereocenters. The van der Waals surface area contributed by atoms with Gasteiger partial charge in [0.25, 0.3) is 5.91 Å². The third kappa shape index (κ3) is 4.49. The Kier molecular flexibility index (Phi) is 6.03. The quantitative estimate of drug-likeness (QED) is 0.797. The first-order chi connectivity index (χ1) is 11.2. The van der Waals surface area contributed by atoms with Crippen LogP contribution in [0.4, 0.5) is 0 Å². The molecule has 4 nitrogen and oxygen atoms in total. The molecule has 0 spiro atoms. The van der Waals surface area contributed by atoms with E-state index >= 15 is 0 Å². The molecule has 122 valence electrons. The third-order valence-electron chi connectivity index (χ3n) is 3.67. The van der Waals surface area contributed by atoms with Crippen LogP contribution >= 0.6 is 0 Å². The largest absolute Gasteiger partial charge is 0.496 e. The van der Waals surface area contributed by atoms with E-state index in [9.17, 15) is 4.79 Å². The van der Waals surface area contributed by atoms with E-state index in [1.165, 1.54) is 11.1 Å². The van der Waals surface area contributed by atoms with E-state index in [0.29, 0.717) is 23.6 Å². The minimum Gasteiger partial charge on any atom is -0.496 e. The Morgan fingerprint density at radius 3 is 2.30 bits per heavy atom. The van der Waals surface area contributed by atoms with E-state index in [1.54, 1.807) is 32.4 Å². The fraction of sp³-hybridized carbons (Fsp3) is 0.316. The van der Waals surface area contributed by atoms with Crippen molar-refractivity contribution in [3.63, 3.8) is 0 Å². The Bertz CT molecular complexity index is 645. The molecule has 0 saturated carbocycles. The molecule has 1 N–H and O–H groups in total. The predicted molar refractivity (Wildman–Crippen MR) is 91.4 cm³/mol. The van der Waals surface area contributed by atoms with E-state index in [2.05, 4.69) is 36.5 Å². The maximum absolute atomic E-state index is 12.4. The average Bonchev–Trinajstić information content (AvgIpc) is 2.57. The first-order valence-corrected chi connectivity index (χ1v) is 7.70. The lowest BCUT2D eigenvalue weighted by atomic mass is 10.1. The number of hydrogen-bond donors (Lipinski definition) is 1. The molecular formula is C19H23NO3. The number of aryl methyl sites for hydroxylation is 2. The van der Waals surface area contributed by atoms with Crippen molar-refractivity contribution in [1.82, 2.24) is 5.32 Å². The van der Waals surface area contributed by atoms with Crippen LogP contribution < -0.4 is 14.8 Å². The second-order valence-corrected chi connectivity index (χ2v) is 5.39. The van der Waals surface area contributed by atoms with Crippen molar-refractivity contribution < 1.29 is 14.3 Å². The van der Waals surface area contributed by atoms with Gasteiger partial charge >= 0.3 is 0 Å². The van der Waals surface area contributed by atoms with Gasteiger partial charge in [0.1, 0.15) is 17.1 Å². The Morgan fingerprint density at radius 2 is 1.70 bits per heavy atom. The second kappa shape index (κ2) is 8.22. The zero-order chi connectivity index (χ0) is 16.7. The van der Waals surface area contributed by atoms with Crippen molar-refractivity contribution in [2.75, 3.05) is 20.8 Å². The Labute approximate surface area is 137 Å². The van der Waals surface area contributed by atoms with Crippen molar-refractivity contribution in [3.05, 3.63) is 59.2 Å². The molecule has 23 heavy (non-hydrogen) atoms. The van der Waals surface area contributed by atoms with Gasteiger partial charge in [0.2, 0.25) is 0 Å². The fourth-order valence-corrected chi connectivity index (χ4v) is 2.53. The molecule has 0 heterocycles. The van der Waals surface area contributed by atoms with Crippen LogP contribution in [0, 0.1) is 6.92 Å². The summed E-state index contributed by atoms with van der Waals surface area (Å²) in [6.07, 6.45) is 1.82. The van der Waals surface area contributed by atoms with E-state index in [0.717, 1.165) is 12.8 Å². The van der Waals surface area contributed by atoms with Crippen LogP contribution in [0.5, 0.6) is 11.5 Å². The number of carbonyl (C=O) groups is 1. The lowest BCUT2D eigenvalue weighted by Crippen LogP contribution is -2.25. The van der Waals surface area contributed by atoms with Gasteiger partial charge in [0.05, 0.1) is 14.2 Å². The Hall–Kier alpha value is -2.49. The molecule has 0 atom stereocenters. The van der Waals surface area contributed by atoms with Gasteiger partial charge in [-0.15, -0.1) is 0 Å². The van der Waals surface area contributed by atoms with Crippen molar-refractivity contribution in [1.29, 1.82) is 0 Å². The summed E-state index contributed by atoms with van der Waals surface area (Å²) in [4.78, 5) is 12.4. The number of ether oxygens (including phenoxy) is 2. The van der Waals surface area contributed by atoms with Crippen LogP contribution in [0.2, 0.25) is 0 Å². The summed E-state index contributed by atoms with van der Waals surface area (Å²) >= 11 is 0. The van der Waals surface area contributed by atoms with Gasteiger partial charge in [0.15, 0.2) is 0 Å². The molecule has 0 aliphatic heterocycles. The lowest BCUT2D eigenvalue weighted by molar-refractivity contribution is 0.0947. The molecule has 0 aliphatic rings. The number of amides is 1. The van der Waals surface area contributed by atoms with Gasteiger partial charge in [-0.2, -0.15) is 0 Å². The van der Waals surface area contributed by atoms with Crippen molar-refractivity contribution >= 4 is 5.91 Å². The molecule has 0 bridgehead atoms. The third-order valence-corrected chi connectivity index (χ3v) is 3.67. The van der Waals surface area contributed by atoms with E-state index in [-0.39, 0.29) is 5.91 Å². The van der Waals surface area contributed by atoms with Gasteiger partial charge in [0, 0.05) is 6.54 Å². The van der Waals surface area contributed by atoms with Crippen LogP contribution in [-0.4, -0.2) is 26.7 Å². The summed E-state index contributed by atoms with van der Waals surface area (Å²) in [6.45, 7) is 2.69. The van der Waals surface area contributed by atoms with Crippen LogP contribution in [0.15, 0.2) is 42.5 Å². The first kappa shape index (κ1) is 16.9. The van der Waals surface area contributed by atoms with Crippen LogP contribution in [0.25, 0.3) is 0 Å². The summed E-state index contributed by atoms with van der Waals surface area (Å²) < 4.78 is 10.5. The fourth-order valence-electron chi connectivity index (χ4n) is 2.53. The summed E-state index contributed by atoms with van der Waals surface area (Å²) in [6, 6.07) is 13.7. The van der Waals surface area contributed by atoms with E-state index < -0.39 is 0 Å². The van der Waals surface area contributed by atoms with Gasteiger partial charge in [-0.05, 0) is 37.5 Å². The Morgan fingerprint density at radius 1 is 1.04 bits per heavy atom. The molecule has 2 aromatic rings. The number of benzene rings is 2. The van der Waals surface area contributed by atoms with Crippen molar-refractivity contribution in [2.45, 2.75) is 19.8 Å². The SMILES string of the molecule is COc1cccc(OC)c1C(=O)NCCCc1cccc(C)c1. The molecular weight excluding hydrogens is 290 g/mol. The van der Waals surface area contributed by atoms with Crippen molar-refractivity contribution in [3.8, 4) is 11.5 Å². The molecule has 0 saturated heterocycles. The lowest BCUT2D eigenvalue weighted by Gasteiger charge is -2.13. The number of methoxy groups -OCH3 is 2. The molecule has 0 aromatic heterocycles. The van der Waals surface area contributed by atoms with Gasteiger partial charge in [-0.25, -0.2) is 0 Å². The predicted octanol–water partition coefficient (Wildman–Crippen LogP) is 3.37. The molecule has 2 aromatic carbocycles. The molecule has 2 rings (SSSR count). The monoisotopic (exact) mass is 313 g/mol. The average molecular weight is 313 g/mol. The highest BCUT2D eigenvalue weighted by molar-refractivity contribution is 5.99. The highest BCUT2D eigenvalue weighted by atomic mass is 16.5. The smallest absolute Gasteiger partial charge is 0.258 e. The van der Waals surface area contributed by atoms with Gasteiger partial charge in [-0.1, -0.05) is 35.9 Å². The normalized spacial score (nSPS) is 10.2.